The molecule has 0 heterocycles. The Kier molecular flexibility index (Phi) is 7.95. The highest BCUT2D eigenvalue weighted by molar-refractivity contribution is 9.10. The van der Waals surface area contributed by atoms with Crippen LogP contribution in [0.25, 0.3) is 0 Å². The molecule has 3 nitrogen and oxygen atoms in total. The molecule has 0 saturated carbocycles. The first kappa shape index (κ1) is 19.2. The van der Waals surface area contributed by atoms with E-state index in [1.165, 1.54) is 5.56 Å². The lowest BCUT2D eigenvalue weighted by Crippen LogP contribution is -2.30. The van der Waals surface area contributed by atoms with Gasteiger partial charge in [0.2, 0.25) is 0 Å². The number of amides is 1. The van der Waals surface area contributed by atoms with E-state index < -0.39 is 0 Å². The maximum absolute atomic E-state index is 11.8. The fraction of sp³-hybridized carbons (Fsp3) is 0.278. The quantitative estimate of drug-likeness (QED) is 0.611. The summed E-state index contributed by atoms with van der Waals surface area (Å²) in [4.78, 5) is 11.8. The number of aryl methyl sites for hydroxylation is 1. The molecule has 0 aromatic heterocycles. The number of carbonyl (C=O) groups is 1. The first-order chi connectivity index (χ1) is 11.5. The molecule has 0 spiro atoms. The Morgan fingerprint density at radius 3 is 2.71 bits per heavy atom. The molecule has 2 aromatic rings. The van der Waals surface area contributed by atoms with Crippen LogP contribution in [0, 0.1) is 6.92 Å². The van der Waals surface area contributed by atoms with Crippen molar-refractivity contribution in [2.24, 2.45) is 0 Å². The topological polar surface area (TPSA) is 38.3 Å². The number of carbonyl (C=O) groups excluding carboxylic acids is 1. The van der Waals surface area contributed by atoms with Gasteiger partial charge in [-0.2, -0.15) is 11.8 Å². The Morgan fingerprint density at radius 2 is 2.00 bits per heavy atom. The molecule has 0 saturated heterocycles. The summed E-state index contributed by atoms with van der Waals surface area (Å²) in [6.07, 6.45) is 0. The molecule has 1 amide bonds. The fourth-order valence-electron chi connectivity index (χ4n) is 1.94. The molecule has 2 rings (SSSR count). The minimum atomic E-state index is -0.109. The highest BCUT2D eigenvalue weighted by atomic mass is 79.9. The molecule has 0 aliphatic rings. The lowest BCUT2D eigenvalue weighted by molar-refractivity contribution is -0.122. The number of rotatable bonds is 8. The third-order valence-corrected chi connectivity index (χ3v) is 5.42. The Morgan fingerprint density at radius 1 is 1.25 bits per heavy atom. The molecule has 0 bridgehead atoms. The molecule has 0 fully saturated rings. The van der Waals surface area contributed by atoms with E-state index in [4.69, 9.17) is 16.3 Å². The third-order valence-electron chi connectivity index (χ3n) is 3.25. The second-order valence-electron chi connectivity index (χ2n) is 5.23. The number of hydrogen-bond donors (Lipinski definition) is 1. The van der Waals surface area contributed by atoms with Crippen LogP contribution in [0.15, 0.2) is 46.9 Å². The van der Waals surface area contributed by atoms with E-state index in [1.54, 1.807) is 11.8 Å². The van der Waals surface area contributed by atoms with Gasteiger partial charge >= 0.3 is 0 Å². The molecule has 24 heavy (non-hydrogen) atoms. The van der Waals surface area contributed by atoms with Crippen LogP contribution in [-0.4, -0.2) is 24.8 Å². The standard InChI is InChI=1S/C18H19BrClNO2S/c1-13-10-16(6-7-17(13)19)23-11-18(22)21-8-9-24-12-14-2-4-15(20)5-3-14/h2-7,10H,8-9,11-12H2,1H3,(H,21,22). The van der Waals surface area contributed by atoms with E-state index in [-0.39, 0.29) is 12.5 Å². The largest absolute Gasteiger partial charge is 0.484 e. The number of nitrogens with one attached hydrogen (secondary N) is 1. The summed E-state index contributed by atoms with van der Waals surface area (Å²) in [6.45, 7) is 2.64. The molecule has 0 aliphatic carbocycles. The van der Waals surface area contributed by atoms with Gasteiger partial charge in [0, 0.05) is 27.5 Å². The van der Waals surface area contributed by atoms with Gasteiger partial charge in [0.15, 0.2) is 6.61 Å². The Balaban J connectivity index is 1.59. The average molecular weight is 429 g/mol. The van der Waals surface area contributed by atoms with Crippen LogP contribution >= 0.6 is 39.3 Å². The number of ether oxygens (including phenoxy) is 1. The van der Waals surface area contributed by atoms with Gasteiger partial charge in [-0.3, -0.25) is 4.79 Å². The molecule has 2 aromatic carbocycles. The van der Waals surface area contributed by atoms with Gasteiger partial charge < -0.3 is 10.1 Å². The van der Waals surface area contributed by atoms with Crippen molar-refractivity contribution >= 4 is 45.2 Å². The van der Waals surface area contributed by atoms with Crippen LogP contribution in [0.3, 0.4) is 0 Å². The van der Waals surface area contributed by atoms with Gasteiger partial charge in [0.05, 0.1) is 0 Å². The highest BCUT2D eigenvalue weighted by Crippen LogP contribution is 2.21. The Bertz CT molecular complexity index is 679. The van der Waals surface area contributed by atoms with Crippen LogP contribution < -0.4 is 10.1 Å². The summed E-state index contributed by atoms with van der Waals surface area (Å²) in [5.74, 6) is 2.35. The van der Waals surface area contributed by atoms with Gasteiger partial charge in [-0.15, -0.1) is 0 Å². The second-order valence-corrected chi connectivity index (χ2v) is 7.62. The van der Waals surface area contributed by atoms with Gasteiger partial charge in [0.1, 0.15) is 5.75 Å². The van der Waals surface area contributed by atoms with Crippen LogP contribution in [0.2, 0.25) is 5.02 Å². The van der Waals surface area contributed by atoms with Crippen LogP contribution in [0.5, 0.6) is 5.75 Å². The SMILES string of the molecule is Cc1cc(OCC(=O)NCCSCc2ccc(Cl)cc2)ccc1Br. The Labute approximate surface area is 160 Å². The summed E-state index contributed by atoms with van der Waals surface area (Å²) in [6, 6.07) is 13.5. The van der Waals surface area contributed by atoms with Crippen molar-refractivity contribution in [1.29, 1.82) is 0 Å². The summed E-state index contributed by atoms with van der Waals surface area (Å²) in [5, 5.41) is 3.61. The van der Waals surface area contributed by atoms with Crippen molar-refractivity contribution in [3.63, 3.8) is 0 Å². The van der Waals surface area contributed by atoms with E-state index in [1.807, 2.05) is 49.4 Å². The zero-order valence-corrected chi connectivity index (χ0v) is 16.5. The lowest BCUT2D eigenvalue weighted by Gasteiger charge is -2.08. The third kappa shape index (κ3) is 6.75. The van der Waals surface area contributed by atoms with Gasteiger partial charge in [0.25, 0.3) is 5.91 Å². The van der Waals surface area contributed by atoms with E-state index in [0.717, 1.165) is 26.6 Å². The molecular weight excluding hydrogens is 410 g/mol. The zero-order chi connectivity index (χ0) is 17.4. The van der Waals surface area contributed by atoms with Crippen LogP contribution in [0.4, 0.5) is 0 Å². The highest BCUT2D eigenvalue weighted by Gasteiger charge is 2.04. The van der Waals surface area contributed by atoms with Gasteiger partial charge in [-0.05, 0) is 48.4 Å². The Hall–Kier alpha value is -1.17. The van der Waals surface area contributed by atoms with Crippen LogP contribution in [0.1, 0.15) is 11.1 Å². The monoisotopic (exact) mass is 427 g/mol. The number of hydrogen-bond acceptors (Lipinski definition) is 3. The molecule has 0 aliphatic heterocycles. The van der Waals surface area contributed by atoms with E-state index in [9.17, 15) is 4.79 Å². The van der Waals surface area contributed by atoms with Gasteiger partial charge in [-0.25, -0.2) is 0 Å². The minimum absolute atomic E-state index is 0.0307. The number of thioether (sulfide) groups is 1. The average Bonchev–Trinajstić information content (AvgIpc) is 2.57. The summed E-state index contributed by atoms with van der Waals surface area (Å²) in [7, 11) is 0. The second kappa shape index (κ2) is 9.97. The number of benzene rings is 2. The summed E-state index contributed by atoms with van der Waals surface area (Å²) < 4.78 is 6.51. The smallest absolute Gasteiger partial charge is 0.257 e. The number of halogens is 2. The molecule has 1 N–H and O–H groups in total. The maximum atomic E-state index is 11.8. The molecular formula is C18H19BrClNO2S. The summed E-state index contributed by atoms with van der Waals surface area (Å²) in [5.41, 5.74) is 2.30. The van der Waals surface area contributed by atoms with Gasteiger partial charge in [-0.1, -0.05) is 39.7 Å². The predicted molar refractivity (Wildman–Crippen MR) is 105 cm³/mol. The van der Waals surface area contributed by atoms with Crippen LogP contribution in [-0.2, 0) is 10.5 Å². The molecule has 128 valence electrons. The van der Waals surface area contributed by atoms with Crippen molar-refractivity contribution in [3.05, 3.63) is 63.1 Å². The predicted octanol–water partition coefficient (Wildman–Crippen LogP) is 4.84. The van der Waals surface area contributed by atoms with Crippen molar-refractivity contribution in [2.75, 3.05) is 18.9 Å². The first-order valence-corrected chi connectivity index (χ1v) is 9.85. The van der Waals surface area contributed by atoms with E-state index in [0.29, 0.717) is 12.3 Å². The van der Waals surface area contributed by atoms with Crippen molar-refractivity contribution in [2.45, 2.75) is 12.7 Å². The maximum Gasteiger partial charge on any atom is 0.257 e. The normalized spacial score (nSPS) is 10.5. The first-order valence-electron chi connectivity index (χ1n) is 7.52. The molecule has 0 atom stereocenters. The molecule has 0 radical (unpaired) electrons. The van der Waals surface area contributed by atoms with Crippen molar-refractivity contribution in [3.8, 4) is 5.75 Å². The molecule has 0 unspecified atom stereocenters. The molecule has 6 heteroatoms. The summed E-state index contributed by atoms with van der Waals surface area (Å²) >= 11 is 11.1. The lowest BCUT2D eigenvalue weighted by atomic mass is 10.2. The van der Waals surface area contributed by atoms with E-state index in [2.05, 4.69) is 21.2 Å². The minimum Gasteiger partial charge on any atom is -0.484 e. The van der Waals surface area contributed by atoms with Crippen molar-refractivity contribution in [1.82, 2.24) is 5.32 Å². The van der Waals surface area contributed by atoms with E-state index >= 15 is 0 Å². The zero-order valence-electron chi connectivity index (χ0n) is 13.4. The fourth-order valence-corrected chi connectivity index (χ4v) is 3.13. The van der Waals surface area contributed by atoms with Crippen molar-refractivity contribution < 1.29 is 9.53 Å².